The van der Waals surface area contributed by atoms with Gasteiger partial charge in [0.25, 0.3) is 5.91 Å². The second-order valence-electron chi connectivity index (χ2n) is 9.02. The maximum absolute atomic E-state index is 13.1. The number of benzene rings is 3. The molecule has 0 radical (unpaired) electrons. The van der Waals surface area contributed by atoms with Crippen molar-refractivity contribution in [3.05, 3.63) is 83.9 Å². The number of amides is 2. The molecule has 0 unspecified atom stereocenters. The van der Waals surface area contributed by atoms with Gasteiger partial charge in [-0.25, -0.2) is 4.79 Å². The highest BCUT2D eigenvalue weighted by atomic mass is 16.7. The molecular formula is C29H30N4O5. The second kappa shape index (κ2) is 11.6. The lowest BCUT2D eigenvalue weighted by Gasteiger charge is -2.24. The van der Waals surface area contributed by atoms with Crippen molar-refractivity contribution in [2.24, 2.45) is 0 Å². The number of hydrogen-bond acceptors (Lipinski definition) is 6. The molecule has 1 heterocycles. The molecule has 3 N–H and O–H groups in total. The van der Waals surface area contributed by atoms with Gasteiger partial charge in [0.1, 0.15) is 5.75 Å². The average Bonchev–Trinajstić information content (AvgIpc) is 3.22. The molecule has 0 saturated carbocycles. The van der Waals surface area contributed by atoms with Gasteiger partial charge in [0.2, 0.25) is 5.91 Å². The quantitative estimate of drug-likeness (QED) is 0.210. The van der Waals surface area contributed by atoms with Crippen LogP contribution in [0.1, 0.15) is 24.5 Å². The highest BCUT2D eigenvalue weighted by Gasteiger charge is 2.29. The van der Waals surface area contributed by atoms with Gasteiger partial charge in [-0.15, -0.1) is 0 Å². The number of carbonyl (C=O) groups is 3. The van der Waals surface area contributed by atoms with Crippen molar-refractivity contribution in [1.29, 1.82) is 0 Å². The summed E-state index contributed by atoms with van der Waals surface area (Å²) in [4.78, 5) is 40.6. The average molecular weight is 515 g/mol. The summed E-state index contributed by atoms with van der Waals surface area (Å²) in [6.07, 6.45) is -1.03. The van der Waals surface area contributed by atoms with Crippen LogP contribution in [-0.2, 0) is 9.59 Å². The molecule has 9 heteroatoms. The lowest BCUT2D eigenvalue weighted by atomic mass is 9.99. The van der Waals surface area contributed by atoms with Gasteiger partial charge < -0.3 is 30.3 Å². The van der Waals surface area contributed by atoms with Gasteiger partial charge in [-0.2, -0.15) is 0 Å². The van der Waals surface area contributed by atoms with Crippen molar-refractivity contribution in [1.82, 2.24) is 4.90 Å². The van der Waals surface area contributed by atoms with Crippen molar-refractivity contribution in [2.45, 2.75) is 13.3 Å². The minimum Gasteiger partial charge on any atom is -0.449 e. The first-order chi connectivity index (χ1) is 18.3. The van der Waals surface area contributed by atoms with E-state index in [0.29, 0.717) is 35.5 Å². The SMILES string of the molecule is CCC(=O)N(CCN(C)C)c1ccc(N/C(=C2\C(=O)Nc3ccc(OC(=O)O)cc32)c2ccccc2)cc1. The highest BCUT2D eigenvalue weighted by Crippen LogP contribution is 2.39. The summed E-state index contributed by atoms with van der Waals surface area (Å²) in [7, 11) is 3.93. The van der Waals surface area contributed by atoms with Crippen LogP contribution in [0.15, 0.2) is 72.8 Å². The molecule has 3 aromatic rings. The number of ether oxygens (including phenoxy) is 1. The summed E-state index contributed by atoms with van der Waals surface area (Å²) < 4.78 is 4.82. The number of carbonyl (C=O) groups excluding carboxylic acids is 2. The number of nitrogens with one attached hydrogen (secondary N) is 2. The van der Waals surface area contributed by atoms with E-state index in [1.54, 1.807) is 11.0 Å². The number of likely N-dealkylation sites (N-methyl/N-ethyl adjacent to an activating group) is 1. The molecule has 9 nitrogen and oxygen atoms in total. The van der Waals surface area contributed by atoms with Crippen molar-refractivity contribution >= 4 is 46.3 Å². The zero-order chi connectivity index (χ0) is 27.2. The molecule has 0 atom stereocenters. The molecule has 4 rings (SSSR count). The maximum atomic E-state index is 13.1. The van der Waals surface area contributed by atoms with Gasteiger partial charge in [0.15, 0.2) is 0 Å². The molecule has 0 bridgehead atoms. The van der Waals surface area contributed by atoms with Crippen LogP contribution in [0.2, 0.25) is 0 Å². The van der Waals surface area contributed by atoms with Gasteiger partial charge >= 0.3 is 6.16 Å². The van der Waals surface area contributed by atoms with E-state index >= 15 is 0 Å². The number of hydrogen-bond donors (Lipinski definition) is 3. The van der Waals surface area contributed by atoms with Crippen LogP contribution in [0.5, 0.6) is 5.75 Å². The lowest BCUT2D eigenvalue weighted by molar-refractivity contribution is -0.118. The van der Waals surface area contributed by atoms with Crippen LogP contribution in [0, 0.1) is 0 Å². The van der Waals surface area contributed by atoms with Gasteiger partial charge in [-0.1, -0.05) is 37.3 Å². The lowest BCUT2D eigenvalue weighted by Crippen LogP contribution is -2.36. The number of fused-ring (bicyclic) bond motifs is 1. The van der Waals surface area contributed by atoms with E-state index in [9.17, 15) is 14.4 Å². The van der Waals surface area contributed by atoms with Crippen LogP contribution in [0.4, 0.5) is 21.9 Å². The smallest absolute Gasteiger partial charge is 0.449 e. The second-order valence-corrected chi connectivity index (χ2v) is 9.02. The molecule has 2 amide bonds. The number of nitrogens with zero attached hydrogens (tertiary/aromatic N) is 2. The summed E-state index contributed by atoms with van der Waals surface area (Å²) in [5.41, 5.74) is 4.28. The highest BCUT2D eigenvalue weighted by molar-refractivity contribution is 6.37. The van der Waals surface area contributed by atoms with Gasteiger partial charge in [0.05, 0.1) is 11.3 Å². The minimum absolute atomic E-state index is 0.0401. The van der Waals surface area contributed by atoms with Crippen molar-refractivity contribution in [3.63, 3.8) is 0 Å². The first-order valence-electron chi connectivity index (χ1n) is 12.2. The Morgan fingerprint density at radius 3 is 2.32 bits per heavy atom. The summed E-state index contributed by atoms with van der Waals surface area (Å²) in [6.45, 7) is 3.15. The van der Waals surface area contributed by atoms with Gasteiger partial charge in [-0.3, -0.25) is 9.59 Å². The Morgan fingerprint density at radius 1 is 0.974 bits per heavy atom. The van der Waals surface area contributed by atoms with Crippen LogP contribution < -0.4 is 20.3 Å². The number of carboxylic acid groups (broad SMARTS) is 1. The molecule has 1 aliphatic heterocycles. The summed E-state index contributed by atoms with van der Waals surface area (Å²) in [5.74, 6) is -0.169. The standard InChI is InChI=1S/C29H30N4O5/c1-4-25(34)33(17-16-32(2)3)21-12-10-20(11-13-21)30-27(19-8-6-5-7-9-19)26-23-18-22(38-29(36)37)14-15-24(23)31-28(26)35/h5-15,18,30H,4,16-17H2,1-3H3,(H,31,35)(H,36,37)/b27-26-. The van der Waals surface area contributed by atoms with E-state index in [2.05, 4.69) is 10.6 Å². The molecular weight excluding hydrogens is 484 g/mol. The minimum atomic E-state index is -1.43. The third kappa shape index (κ3) is 6.01. The van der Waals surface area contributed by atoms with E-state index in [1.165, 1.54) is 12.1 Å². The Kier molecular flexibility index (Phi) is 8.08. The molecule has 196 valence electrons. The molecule has 38 heavy (non-hydrogen) atoms. The molecule has 0 aliphatic carbocycles. The number of anilines is 3. The molecule has 0 aromatic heterocycles. The summed E-state index contributed by atoms with van der Waals surface area (Å²) in [6, 6.07) is 21.5. The van der Waals surface area contributed by atoms with Crippen LogP contribution >= 0.6 is 0 Å². The molecule has 0 spiro atoms. The fourth-order valence-corrected chi connectivity index (χ4v) is 4.20. The van der Waals surface area contributed by atoms with Crippen LogP contribution in [-0.4, -0.2) is 55.2 Å². The predicted octanol–water partition coefficient (Wildman–Crippen LogP) is 4.98. The predicted molar refractivity (Wildman–Crippen MR) is 148 cm³/mol. The maximum Gasteiger partial charge on any atom is 0.511 e. The zero-order valence-electron chi connectivity index (χ0n) is 21.5. The number of rotatable bonds is 9. The first kappa shape index (κ1) is 26.4. The Bertz CT molecular complexity index is 1370. The Hall–Kier alpha value is -4.63. The van der Waals surface area contributed by atoms with E-state index in [0.717, 1.165) is 23.5 Å². The Morgan fingerprint density at radius 2 is 1.68 bits per heavy atom. The topological polar surface area (TPSA) is 111 Å². The van der Waals surface area contributed by atoms with Crippen molar-refractivity contribution in [3.8, 4) is 5.75 Å². The first-order valence-corrected chi connectivity index (χ1v) is 12.2. The largest absolute Gasteiger partial charge is 0.511 e. The third-order valence-corrected chi connectivity index (χ3v) is 6.08. The molecule has 0 fully saturated rings. The zero-order valence-corrected chi connectivity index (χ0v) is 21.5. The molecule has 0 saturated heterocycles. The third-order valence-electron chi connectivity index (χ3n) is 6.08. The van der Waals surface area contributed by atoms with Crippen molar-refractivity contribution < 1.29 is 24.2 Å². The van der Waals surface area contributed by atoms with Crippen LogP contribution in [0.25, 0.3) is 11.3 Å². The summed E-state index contributed by atoms with van der Waals surface area (Å²) in [5, 5.41) is 15.3. The van der Waals surface area contributed by atoms with E-state index in [-0.39, 0.29) is 17.6 Å². The van der Waals surface area contributed by atoms with E-state index < -0.39 is 6.16 Å². The van der Waals surface area contributed by atoms with Gasteiger partial charge in [-0.05, 0) is 62.1 Å². The molecule has 1 aliphatic rings. The van der Waals surface area contributed by atoms with Crippen molar-refractivity contribution in [2.75, 3.05) is 42.7 Å². The molecule has 3 aromatic carbocycles. The summed E-state index contributed by atoms with van der Waals surface area (Å²) >= 11 is 0. The van der Waals surface area contributed by atoms with Gasteiger partial charge in [0, 0.05) is 42.1 Å². The van der Waals surface area contributed by atoms with E-state index in [1.807, 2.05) is 80.5 Å². The normalized spacial score (nSPS) is 13.5. The fraction of sp³-hybridized carbons (Fsp3) is 0.207. The fourth-order valence-electron chi connectivity index (χ4n) is 4.20. The monoisotopic (exact) mass is 514 g/mol. The van der Waals surface area contributed by atoms with Crippen LogP contribution in [0.3, 0.4) is 0 Å². The Balaban J connectivity index is 1.73. The van der Waals surface area contributed by atoms with E-state index in [4.69, 9.17) is 9.84 Å². The Labute approximate surface area is 221 Å².